The van der Waals surface area contributed by atoms with Gasteiger partial charge in [-0.25, -0.2) is 0 Å². The van der Waals surface area contributed by atoms with E-state index >= 15 is 0 Å². The van der Waals surface area contributed by atoms with Crippen LogP contribution in [-0.2, 0) is 15.0 Å². The minimum absolute atomic E-state index is 0.00931. The zero-order valence-electron chi connectivity index (χ0n) is 14.2. The van der Waals surface area contributed by atoms with Crippen LogP contribution in [0.15, 0.2) is 24.3 Å². The lowest BCUT2D eigenvalue weighted by atomic mass is 9.87. The number of hydrogen-bond donors (Lipinski definition) is 1. The van der Waals surface area contributed by atoms with Crippen molar-refractivity contribution in [2.75, 3.05) is 19.7 Å². The van der Waals surface area contributed by atoms with Crippen LogP contribution in [0.5, 0.6) is 5.75 Å². The Morgan fingerprint density at radius 3 is 2.76 bits per heavy atom. The Labute approximate surface area is 147 Å². The second-order valence-electron chi connectivity index (χ2n) is 8.20. The van der Waals surface area contributed by atoms with Crippen LogP contribution in [0.25, 0.3) is 0 Å². The van der Waals surface area contributed by atoms with Gasteiger partial charge in [-0.1, -0.05) is 18.2 Å². The maximum absolute atomic E-state index is 13.1. The molecule has 2 aliphatic heterocycles. The molecule has 1 aromatic rings. The normalized spacial score (nSPS) is 36.0. The first kappa shape index (κ1) is 15.2. The fraction of sp³-hybridized carbons (Fsp3) is 0.600. The number of aliphatic carboxylic acids is 1. The SMILES string of the molecule is O=C(O)[C@H]1CN(C(=O)[C@@H]2C[C@]23CCOc2ccccc23)C[C@@H]1C1CC1. The van der Waals surface area contributed by atoms with E-state index in [0.29, 0.717) is 25.6 Å². The highest BCUT2D eigenvalue weighted by Gasteiger charge is 2.62. The standard InChI is InChI=1S/C20H23NO4/c22-18(21-10-13(12-5-6-12)14(11-21)19(23)24)16-9-20(16)7-8-25-17-4-2-1-3-15(17)20/h1-4,12-14,16H,5-11H2,(H,23,24)/t13-,14+,16+,20+/m1/s1. The molecule has 132 valence electrons. The molecule has 25 heavy (non-hydrogen) atoms. The molecule has 5 nitrogen and oxygen atoms in total. The molecule has 4 aliphatic rings. The van der Waals surface area contributed by atoms with Crippen LogP contribution >= 0.6 is 0 Å². The Morgan fingerprint density at radius 1 is 1.20 bits per heavy atom. The number of carboxylic acid groups (broad SMARTS) is 1. The van der Waals surface area contributed by atoms with Gasteiger partial charge < -0.3 is 14.7 Å². The number of ether oxygens (including phenoxy) is 1. The van der Waals surface area contributed by atoms with Crippen molar-refractivity contribution in [3.05, 3.63) is 29.8 Å². The van der Waals surface area contributed by atoms with E-state index in [9.17, 15) is 14.7 Å². The molecule has 1 aromatic carbocycles. The smallest absolute Gasteiger partial charge is 0.308 e. The summed E-state index contributed by atoms with van der Waals surface area (Å²) in [5, 5.41) is 9.53. The Morgan fingerprint density at radius 2 is 2.00 bits per heavy atom. The van der Waals surface area contributed by atoms with Gasteiger partial charge in [0.1, 0.15) is 5.75 Å². The van der Waals surface area contributed by atoms with Crippen molar-refractivity contribution in [1.82, 2.24) is 4.90 Å². The van der Waals surface area contributed by atoms with Crippen molar-refractivity contribution in [2.45, 2.75) is 31.1 Å². The van der Waals surface area contributed by atoms with Crippen molar-refractivity contribution in [3.63, 3.8) is 0 Å². The van der Waals surface area contributed by atoms with Crippen LogP contribution in [0.4, 0.5) is 0 Å². The van der Waals surface area contributed by atoms with E-state index in [-0.39, 0.29) is 29.1 Å². The molecule has 1 N–H and O–H groups in total. The van der Waals surface area contributed by atoms with Crippen molar-refractivity contribution >= 4 is 11.9 Å². The van der Waals surface area contributed by atoms with Gasteiger partial charge in [-0.2, -0.15) is 0 Å². The molecule has 2 aliphatic carbocycles. The molecular weight excluding hydrogens is 318 g/mol. The third kappa shape index (κ3) is 2.28. The van der Waals surface area contributed by atoms with Crippen LogP contribution < -0.4 is 4.74 Å². The first-order chi connectivity index (χ1) is 12.1. The fourth-order valence-electron chi connectivity index (χ4n) is 5.18. The van der Waals surface area contributed by atoms with Gasteiger partial charge in [-0.3, -0.25) is 9.59 Å². The minimum Gasteiger partial charge on any atom is -0.493 e. The molecule has 3 fully saturated rings. The molecule has 5 heteroatoms. The summed E-state index contributed by atoms with van der Waals surface area (Å²) in [6.45, 7) is 1.68. The number of carbonyl (C=O) groups excluding carboxylic acids is 1. The number of carbonyl (C=O) groups is 2. The Bertz CT molecular complexity index is 743. The zero-order chi connectivity index (χ0) is 17.2. The molecule has 5 rings (SSSR count). The quantitative estimate of drug-likeness (QED) is 0.916. The highest BCUT2D eigenvalue weighted by atomic mass is 16.5. The van der Waals surface area contributed by atoms with E-state index in [4.69, 9.17) is 4.74 Å². The predicted octanol–water partition coefficient (Wildman–Crippen LogP) is 2.30. The number of amides is 1. The number of carboxylic acids is 1. The molecule has 1 spiro atoms. The zero-order valence-corrected chi connectivity index (χ0v) is 14.2. The first-order valence-electron chi connectivity index (χ1n) is 9.34. The van der Waals surface area contributed by atoms with Crippen LogP contribution in [0.1, 0.15) is 31.2 Å². The van der Waals surface area contributed by atoms with Crippen molar-refractivity contribution in [3.8, 4) is 5.75 Å². The summed E-state index contributed by atoms with van der Waals surface area (Å²) in [7, 11) is 0. The summed E-state index contributed by atoms with van der Waals surface area (Å²) in [5.74, 6) is 0.594. The van der Waals surface area contributed by atoms with Gasteiger partial charge in [0.05, 0.1) is 12.5 Å². The third-order valence-electron chi connectivity index (χ3n) is 6.82. The van der Waals surface area contributed by atoms with Crippen molar-refractivity contribution in [2.24, 2.45) is 23.7 Å². The molecule has 0 radical (unpaired) electrons. The van der Waals surface area contributed by atoms with Gasteiger partial charge >= 0.3 is 5.97 Å². The molecule has 1 saturated heterocycles. The van der Waals surface area contributed by atoms with E-state index < -0.39 is 5.97 Å². The number of fused-ring (bicyclic) bond motifs is 2. The topological polar surface area (TPSA) is 66.8 Å². The number of hydrogen-bond acceptors (Lipinski definition) is 3. The molecule has 2 saturated carbocycles. The predicted molar refractivity (Wildman–Crippen MR) is 90.3 cm³/mol. The number of rotatable bonds is 3. The summed E-state index contributed by atoms with van der Waals surface area (Å²) in [5.41, 5.74) is 1.08. The van der Waals surface area contributed by atoms with E-state index in [1.54, 1.807) is 0 Å². The van der Waals surface area contributed by atoms with E-state index in [1.165, 1.54) is 0 Å². The van der Waals surface area contributed by atoms with Crippen molar-refractivity contribution < 1.29 is 19.4 Å². The number of benzene rings is 1. The second kappa shape index (κ2) is 5.23. The fourth-order valence-corrected chi connectivity index (χ4v) is 5.18. The van der Waals surface area contributed by atoms with E-state index in [0.717, 1.165) is 37.0 Å². The summed E-state index contributed by atoms with van der Waals surface area (Å²) >= 11 is 0. The number of nitrogens with zero attached hydrogens (tertiary/aromatic N) is 1. The molecular formula is C20H23NO4. The van der Waals surface area contributed by atoms with Crippen LogP contribution in [0, 0.1) is 23.7 Å². The molecule has 0 unspecified atom stereocenters. The number of likely N-dealkylation sites (tertiary alicyclic amines) is 1. The highest BCUT2D eigenvalue weighted by Crippen LogP contribution is 2.61. The van der Waals surface area contributed by atoms with Gasteiger partial charge in [-0.05, 0) is 43.6 Å². The highest BCUT2D eigenvalue weighted by molar-refractivity contribution is 5.86. The summed E-state index contributed by atoms with van der Waals surface area (Å²) in [6, 6.07) is 8.04. The van der Waals surface area contributed by atoms with Crippen LogP contribution in [0.3, 0.4) is 0 Å². The molecule has 1 amide bonds. The third-order valence-corrected chi connectivity index (χ3v) is 6.82. The van der Waals surface area contributed by atoms with Gasteiger partial charge in [0, 0.05) is 30.0 Å². The van der Waals surface area contributed by atoms with Gasteiger partial charge in [0.25, 0.3) is 0 Å². The molecule has 0 bridgehead atoms. The second-order valence-corrected chi connectivity index (χ2v) is 8.20. The molecule has 0 aromatic heterocycles. The largest absolute Gasteiger partial charge is 0.493 e. The monoisotopic (exact) mass is 341 g/mol. The van der Waals surface area contributed by atoms with Gasteiger partial charge in [0.2, 0.25) is 5.91 Å². The first-order valence-corrected chi connectivity index (χ1v) is 9.34. The minimum atomic E-state index is -0.742. The van der Waals surface area contributed by atoms with Gasteiger partial charge in [0.15, 0.2) is 0 Å². The average Bonchev–Trinajstić information content (AvgIpc) is 3.53. The Kier molecular flexibility index (Phi) is 3.19. The summed E-state index contributed by atoms with van der Waals surface area (Å²) in [4.78, 5) is 26.6. The van der Waals surface area contributed by atoms with E-state index in [1.807, 2.05) is 23.1 Å². The lowest BCUT2D eigenvalue weighted by molar-refractivity contribution is -0.142. The Balaban J connectivity index is 1.36. The lowest BCUT2D eigenvalue weighted by Gasteiger charge is -2.27. The number of para-hydroxylation sites is 1. The average molecular weight is 341 g/mol. The maximum Gasteiger partial charge on any atom is 0.308 e. The van der Waals surface area contributed by atoms with Crippen LogP contribution in [-0.4, -0.2) is 41.6 Å². The maximum atomic E-state index is 13.1. The summed E-state index contributed by atoms with van der Waals surface area (Å²) < 4.78 is 5.76. The lowest BCUT2D eigenvalue weighted by Crippen LogP contribution is -2.34. The molecule has 2 heterocycles. The summed E-state index contributed by atoms with van der Waals surface area (Å²) in [6.07, 6.45) is 3.99. The van der Waals surface area contributed by atoms with E-state index in [2.05, 4.69) is 6.07 Å². The van der Waals surface area contributed by atoms with Crippen molar-refractivity contribution in [1.29, 1.82) is 0 Å². The van der Waals surface area contributed by atoms with Gasteiger partial charge in [-0.15, -0.1) is 0 Å². The van der Waals surface area contributed by atoms with Crippen LogP contribution in [0.2, 0.25) is 0 Å². The Hall–Kier alpha value is -2.04. The molecule has 4 atom stereocenters.